The quantitative estimate of drug-likeness (QED) is 0.381. The third-order valence-electron chi connectivity index (χ3n) is 6.23. The smallest absolute Gasteiger partial charge is 0.237 e. The first-order valence-electron chi connectivity index (χ1n) is 11.4. The van der Waals surface area contributed by atoms with Crippen molar-refractivity contribution in [3.05, 3.63) is 29.6 Å². The highest BCUT2D eigenvalue weighted by atomic mass is 32.2. The Balaban J connectivity index is 1.27. The van der Waals surface area contributed by atoms with Crippen molar-refractivity contribution >= 4 is 15.9 Å². The van der Waals surface area contributed by atoms with Gasteiger partial charge in [-0.15, -0.1) is 0 Å². The number of hydrogen-bond donors (Lipinski definition) is 3. The van der Waals surface area contributed by atoms with Gasteiger partial charge in [-0.3, -0.25) is 9.69 Å². The normalized spacial score (nSPS) is 22.7. The Morgan fingerprint density at radius 1 is 1.22 bits per heavy atom. The minimum Gasteiger partial charge on any atom is -0.490 e. The van der Waals surface area contributed by atoms with Crippen LogP contribution in [0.2, 0.25) is 0 Å². The van der Waals surface area contributed by atoms with Crippen LogP contribution >= 0.6 is 0 Å². The molecule has 2 atom stereocenters. The first-order valence-corrected chi connectivity index (χ1v) is 13.1. The third kappa shape index (κ3) is 6.63. The average Bonchev–Trinajstić information content (AvgIpc) is 3.65. The molecule has 2 saturated carbocycles. The summed E-state index contributed by atoms with van der Waals surface area (Å²) in [6, 6.07) is 4.26. The number of hydrogen-bond acceptors (Lipinski definition) is 6. The SMILES string of the molecule is O=C1CN(CCCCCS(=O)(=O)N[C@@H](c2ccc(F)c(OCC3CC3)c2)C2CC2)C(O)N1. The minimum atomic E-state index is -3.51. The molecule has 2 aliphatic carbocycles. The molecule has 1 aromatic rings. The Morgan fingerprint density at radius 2 is 2.00 bits per heavy atom. The molecule has 1 heterocycles. The molecular formula is C22H32FN3O5S. The molecule has 3 aliphatic rings. The van der Waals surface area contributed by atoms with E-state index in [9.17, 15) is 22.7 Å². The van der Waals surface area contributed by atoms with Gasteiger partial charge in [0.1, 0.15) is 0 Å². The molecule has 1 aromatic carbocycles. The van der Waals surface area contributed by atoms with Crippen molar-refractivity contribution in [1.82, 2.24) is 14.9 Å². The monoisotopic (exact) mass is 469 g/mol. The molecule has 10 heteroatoms. The zero-order chi connectivity index (χ0) is 22.7. The van der Waals surface area contributed by atoms with Crippen LogP contribution in [0.15, 0.2) is 18.2 Å². The van der Waals surface area contributed by atoms with Crippen LogP contribution in [-0.2, 0) is 14.8 Å². The molecule has 1 saturated heterocycles. The molecule has 0 spiro atoms. The van der Waals surface area contributed by atoms with Crippen molar-refractivity contribution in [2.75, 3.05) is 25.4 Å². The van der Waals surface area contributed by atoms with E-state index in [2.05, 4.69) is 10.0 Å². The Bertz CT molecular complexity index is 920. The van der Waals surface area contributed by atoms with E-state index in [1.165, 1.54) is 6.07 Å². The van der Waals surface area contributed by atoms with Crippen molar-refractivity contribution in [1.29, 1.82) is 0 Å². The van der Waals surface area contributed by atoms with Crippen LogP contribution in [-0.4, -0.2) is 56.1 Å². The van der Waals surface area contributed by atoms with E-state index in [-0.39, 0.29) is 35.9 Å². The zero-order valence-corrected chi connectivity index (χ0v) is 18.9. The van der Waals surface area contributed by atoms with Gasteiger partial charge in [-0.2, -0.15) is 0 Å². The van der Waals surface area contributed by atoms with E-state index in [0.717, 1.165) is 31.2 Å². The number of nitrogens with zero attached hydrogens (tertiary/aromatic N) is 1. The van der Waals surface area contributed by atoms with Crippen molar-refractivity contribution in [3.63, 3.8) is 0 Å². The fraction of sp³-hybridized carbons (Fsp3) is 0.682. The fourth-order valence-corrected chi connectivity index (χ4v) is 5.39. The molecule has 1 unspecified atom stereocenters. The van der Waals surface area contributed by atoms with Gasteiger partial charge in [0, 0.05) is 12.6 Å². The topological polar surface area (TPSA) is 108 Å². The molecule has 1 amide bonds. The van der Waals surface area contributed by atoms with Crippen LogP contribution in [0.25, 0.3) is 0 Å². The van der Waals surface area contributed by atoms with Gasteiger partial charge in [-0.1, -0.05) is 12.5 Å². The minimum absolute atomic E-state index is 0.00217. The van der Waals surface area contributed by atoms with Gasteiger partial charge in [-0.25, -0.2) is 17.5 Å². The number of rotatable bonds is 13. The average molecular weight is 470 g/mol. The number of nitrogens with one attached hydrogen (secondary N) is 2. The van der Waals surface area contributed by atoms with Gasteiger partial charge in [-0.05, 0) is 68.1 Å². The lowest BCUT2D eigenvalue weighted by molar-refractivity contribution is -0.119. The molecule has 0 radical (unpaired) electrons. The van der Waals surface area contributed by atoms with Crippen LogP contribution in [0.4, 0.5) is 4.39 Å². The first kappa shape index (κ1) is 23.4. The number of halogens is 1. The van der Waals surface area contributed by atoms with Crippen LogP contribution in [0.5, 0.6) is 5.75 Å². The number of sulfonamides is 1. The van der Waals surface area contributed by atoms with Gasteiger partial charge in [0.2, 0.25) is 15.9 Å². The maximum Gasteiger partial charge on any atom is 0.237 e. The predicted octanol–water partition coefficient (Wildman–Crippen LogP) is 1.86. The van der Waals surface area contributed by atoms with Gasteiger partial charge >= 0.3 is 0 Å². The molecule has 0 aromatic heterocycles. The van der Waals surface area contributed by atoms with Crippen molar-refractivity contribution in [2.24, 2.45) is 11.8 Å². The van der Waals surface area contributed by atoms with E-state index in [1.807, 2.05) is 0 Å². The number of benzene rings is 1. The molecular weight excluding hydrogens is 437 g/mol. The zero-order valence-electron chi connectivity index (χ0n) is 18.1. The summed E-state index contributed by atoms with van der Waals surface area (Å²) < 4.78 is 48.0. The van der Waals surface area contributed by atoms with Gasteiger partial charge < -0.3 is 15.2 Å². The summed E-state index contributed by atoms with van der Waals surface area (Å²) >= 11 is 0. The molecule has 3 N–H and O–H groups in total. The van der Waals surface area contributed by atoms with E-state index >= 15 is 0 Å². The molecule has 3 fully saturated rings. The summed E-state index contributed by atoms with van der Waals surface area (Å²) in [4.78, 5) is 12.9. The first-order chi connectivity index (χ1) is 15.3. The Labute approximate surface area is 188 Å². The highest BCUT2D eigenvalue weighted by Crippen LogP contribution is 2.42. The van der Waals surface area contributed by atoms with Crippen LogP contribution in [0, 0.1) is 17.7 Å². The van der Waals surface area contributed by atoms with Gasteiger partial charge in [0.05, 0.1) is 18.9 Å². The molecule has 4 rings (SSSR count). The summed E-state index contributed by atoms with van der Waals surface area (Å²) in [5.41, 5.74) is 0.739. The summed E-state index contributed by atoms with van der Waals surface area (Å²) in [6.45, 7) is 1.18. The highest BCUT2D eigenvalue weighted by Gasteiger charge is 2.35. The number of unbranched alkanes of at least 4 members (excludes halogenated alkanes) is 2. The molecule has 8 nitrogen and oxygen atoms in total. The third-order valence-corrected chi connectivity index (χ3v) is 7.67. The predicted molar refractivity (Wildman–Crippen MR) is 117 cm³/mol. The second kappa shape index (κ2) is 10.0. The Kier molecular flexibility index (Phi) is 7.34. The lowest BCUT2D eigenvalue weighted by Gasteiger charge is -2.20. The molecule has 0 bridgehead atoms. The van der Waals surface area contributed by atoms with Crippen LogP contribution in [0.1, 0.15) is 56.6 Å². The fourth-order valence-electron chi connectivity index (χ4n) is 3.97. The van der Waals surface area contributed by atoms with Crippen LogP contribution in [0.3, 0.4) is 0 Å². The summed E-state index contributed by atoms with van der Waals surface area (Å²) in [6.07, 6.45) is 4.98. The number of carbonyl (C=O) groups is 1. The van der Waals surface area contributed by atoms with Crippen molar-refractivity contribution < 1.29 is 27.4 Å². The largest absolute Gasteiger partial charge is 0.490 e. The van der Waals surface area contributed by atoms with E-state index < -0.39 is 22.2 Å². The van der Waals surface area contributed by atoms with Gasteiger partial charge in [0.25, 0.3) is 0 Å². The van der Waals surface area contributed by atoms with E-state index in [4.69, 9.17) is 4.74 Å². The maximum absolute atomic E-state index is 14.1. The summed E-state index contributed by atoms with van der Waals surface area (Å²) in [7, 11) is -3.51. The number of aliphatic hydroxyl groups is 1. The Morgan fingerprint density at radius 3 is 2.66 bits per heavy atom. The van der Waals surface area contributed by atoms with E-state index in [0.29, 0.717) is 38.3 Å². The standard InChI is InChI=1S/C22H32FN3O5S/c23-18-9-8-17(12-19(18)31-14-15-4-5-15)21(16-6-7-16)25-32(29,30)11-3-1-2-10-26-13-20(27)24-22(26)28/h8-9,12,15-16,21-22,25,28H,1-7,10-11,13-14H2,(H,24,27)/t21-,22?/m1/s1. The summed E-state index contributed by atoms with van der Waals surface area (Å²) in [5, 5.41) is 12.1. The number of aliphatic hydroxyl groups excluding tert-OH is 1. The number of amides is 1. The van der Waals surface area contributed by atoms with Gasteiger partial charge in [0.15, 0.2) is 17.9 Å². The highest BCUT2D eigenvalue weighted by molar-refractivity contribution is 7.89. The maximum atomic E-state index is 14.1. The second-order valence-electron chi connectivity index (χ2n) is 9.17. The van der Waals surface area contributed by atoms with Crippen LogP contribution < -0.4 is 14.8 Å². The molecule has 1 aliphatic heterocycles. The lowest BCUT2D eigenvalue weighted by Crippen LogP contribution is -2.36. The Hall–Kier alpha value is -1.75. The second-order valence-corrected chi connectivity index (χ2v) is 11.0. The van der Waals surface area contributed by atoms with Crippen molar-refractivity contribution in [2.45, 2.75) is 57.3 Å². The number of ether oxygens (including phenoxy) is 1. The summed E-state index contributed by atoms with van der Waals surface area (Å²) in [5.74, 6) is 0.275. The molecule has 178 valence electrons. The number of carbonyl (C=O) groups excluding carboxylic acids is 1. The van der Waals surface area contributed by atoms with Crippen molar-refractivity contribution in [3.8, 4) is 5.75 Å². The molecule has 32 heavy (non-hydrogen) atoms. The van der Waals surface area contributed by atoms with E-state index in [1.54, 1.807) is 17.0 Å². The lowest BCUT2D eigenvalue weighted by atomic mass is 10.0.